The monoisotopic (exact) mass is 220 g/mol. The Labute approximate surface area is 99.6 Å². The number of rotatable bonds is 1. The summed E-state index contributed by atoms with van der Waals surface area (Å²) in [6.45, 7) is 3.77. The van der Waals surface area contributed by atoms with Crippen molar-refractivity contribution in [2.75, 3.05) is 0 Å². The van der Waals surface area contributed by atoms with Gasteiger partial charge in [0.2, 0.25) is 0 Å². The Morgan fingerprint density at radius 1 is 0.765 bits per heavy atom. The first-order valence-corrected chi connectivity index (χ1v) is 5.55. The Hall–Kier alpha value is -2.28. The topological polar surface area (TPSA) is 20.2 Å². The number of phenols is 1. The van der Waals surface area contributed by atoms with E-state index in [0.717, 1.165) is 16.3 Å². The van der Waals surface area contributed by atoms with E-state index in [4.69, 9.17) is 0 Å². The third-order valence-corrected chi connectivity index (χ3v) is 3.04. The number of phenolic OH excluding ortho intramolecular Hbond substituents is 1. The molecule has 0 aliphatic heterocycles. The molecule has 17 heavy (non-hydrogen) atoms. The average molecular weight is 220 g/mol. The molecule has 0 atom stereocenters. The predicted octanol–water partition coefficient (Wildman–Crippen LogP) is 4.34. The highest BCUT2D eigenvalue weighted by Gasteiger charge is 1.99. The van der Waals surface area contributed by atoms with E-state index in [1.54, 1.807) is 12.1 Å². The molecule has 0 fully saturated rings. The van der Waals surface area contributed by atoms with Crippen molar-refractivity contribution in [3.8, 4) is 5.75 Å². The van der Waals surface area contributed by atoms with Gasteiger partial charge < -0.3 is 5.11 Å². The molecule has 0 spiro atoms. The van der Waals surface area contributed by atoms with Gasteiger partial charge in [0, 0.05) is 0 Å². The minimum Gasteiger partial charge on any atom is -0.508 e. The molecule has 1 N–H and O–H groups in total. The predicted molar refractivity (Wildman–Crippen MR) is 73.2 cm³/mol. The number of aromatic hydroxyl groups is 1. The van der Waals surface area contributed by atoms with Crippen molar-refractivity contribution in [3.05, 3.63) is 60.7 Å². The van der Waals surface area contributed by atoms with Gasteiger partial charge in [-0.1, -0.05) is 30.9 Å². The molecule has 0 radical (unpaired) electrons. The molecular formula is C16H12O. The maximum absolute atomic E-state index is 9.49. The zero-order chi connectivity index (χ0) is 11.8. The van der Waals surface area contributed by atoms with E-state index >= 15 is 0 Å². The van der Waals surface area contributed by atoms with Gasteiger partial charge in [-0.2, -0.15) is 0 Å². The van der Waals surface area contributed by atoms with Crippen LogP contribution in [0, 0.1) is 0 Å². The van der Waals surface area contributed by atoms with Crippen LogP contribution in [0.25, 0.3) is 27.6 Å². The van der Waals surface area contributed by atoms with Crippen LogP contribution in [0.1, 0.15) is 5.56 Å². The standard InChI is InChI=1S/C16H12O/c1-2-11-3-4-12-8-13-5-6-16(17)10-15(13)9-14(12)7-11/h2-10,17H,1H2. The molecule has 82 valence electrons. The van der Waals surface area contributed by atoms with Crippen molar-refractivity contribution in [1.82, 2.24) is 0 Å². The van der Waals surface area contributed by atoms with E-state index in [0.29, 0.717) is 5.75 Å². The van der Waals surface area contributed by atoms with E-state index < -0.39 is 0 Å². The Bertz CT molecular complexity index is 726. The average Bonchev–Trinajstić information content (AvgIpc) is 2.35. The summed E-state index contributed by atoms with van der Waals surface area (Å²) in [4.78, 5) is 0. The van der Waals surface area contributed by atoms with E-state index in [-0.39, 0.29) is 0 Å². The normalized spacial score (nSPS) is 10.8. The molecule has 3 rings (SSSR count). The summed E-state index contributed by atoms with van der Waals surface area (Å²) in [5.74, 6) is 0.303. The SMILES string of the molecule is C=Cc1ccc2cc3ccc(O)cc3cc2c1. The van der Waals surface area contributed by atoms with Gasteiger partial charge in [-0.25, -0.2) is 0 Å². The van der Waals surface area contributed by atoms with Crippen molar-refractivity contribution in [2.45, 2.75) is 0 Å². The second-order valence-electron chi connectivity index (χ2n) is 4.19. The molecule has 0 amide bonds. The van der Waals surface area contributed by atoms with Crippen LogP contribution >= 0.6 is 0 Å². The lowest BCUT2D eigenvalue weighted by Crippen LogP contribution is -1.78. The first-order valence-electron chi connectivity index (χ1n) is 5.55. The lowest BCUT2D eigenvalue weighted by Gasteiger charge is -2.04. The highest BCUT2D eigenvalue weighted by molar-refractivity contribution is 5.99. The van der Waals surface area contributed by atoms with Gasteiger partial charge in [-0.3, -0.25) is 0 Å². The first-order chi connectivity index (χ1) is 8.26. The molecule has 0 saturated heterocycles. The highest BCUT2D eigenvalue weighted by atomic mass is 16.3. The Morgan fingerprint density at radius 2 is 1.41 bits per heavy atom. The first kappa shape index (κ1) is 9.91. The highest BCUT2D eigenvalue weighted by Crippen LogP contribution is 2.26. The minimum absolute atomic E-state index is 0.303. The Morgan fingerprint density at radius 3 is 2.18 bits per heavy atom. The molecule has 3 aromatic carbocycles. The van der Waals surface area contributed by atoms with Crippen LogP contribution in [0.15, 0.2) is 55.1 Å². The molecule has 0 saturated carbocycles. The zero-order valence-electron chi connectivity index (χ0n) is 9.35. The number of hydrogen-bond acceptors (Lipinski definition) is 1. The van der Waals surface area contributed by atoms with E-state index in [2.05, 4.69) is 36.9 Å². The van der Waals surface area contributed by atoms with Gasteiger partial charge in [-0.15, -0.1) is 0 Å². The summed E-state index contributed by atoms with van der Waals surface area (Å²) < 4.78 is 0. The molecule has 0 heterocycles. The summed E-state index contributed by atoms with van der Waals surface area (Å²) in [5.41, 5.74) is 1.11. The van der Waals surface area contributed by atoms with Crippen LogP contribution in [0.2, 0.25) is 0 Å². The summed E-state index contributed by atoms with van der Waals surface area (Å²) in [5, 5.41) is 14.1. The van der Waals surface area contributed by atoms with Gasteiger partial charge in [0.05, 0.1) is 0 Å². The van der Waals surface area contributed by atoms with Gasteiger partial charge in [0.1, 0.15) is 5.75 Å². The molecule has 1 heteroatoms. The molecule has 3 aromatic rings. The van der Waals surface area contributed by atoms with Crippen molar-refractivity contribution in [3.63, 3.8) is 0 Å². The quantitative estimate of drug-likeness (QED) is 0.605. The largest absolute Gasteiger partial charge is 0.508 e. The van der Waals surface area contributed by atoms with Crippen molar-refractivity contribution in [1.29, 1.82) is 0 Å². The molecule has 0 aliphatic rings. The van der Waals surface area contributed by atoms with Crippen molar-refractivity contribution in [2.24, 2.45) is 0 Å². The lowest BCUT2D eigenvalue weighted by molar-refractivity contribution is 0.476. The van der Waals surface area contributed by atoms with Crippen molar-refractivity contribution < 1.29 is 5.11 Å². The van der Waals surface area contributed by atoms with Gasteiger partial charge in [-0.05, 0) is 57.4 Å². The van der Waals surface area contributed by atoms with Crippen LogP contribution in [0.3, 0.4) is 0 Å². The fraction of sp³-hybridized carbons (Fsp3) is 0. The smallest absolute Gasteiger partial charge is 0.116 e. The van der Waals surface area contributed by atoms with Gasteiger partial charge in [0.15, 0.2) is 0 Å². The van der Waals surface area contributed by atoms with Gasteiger partial charge in [0.25, 0.3) is 0 Å². The molecule has 0 aliphatic carbocycles. The van der Waals surface area contributed by atoms with Crippen LogP contribution in [0.5, 0.6) is 5.75 Å². The minimum atomic E-state index is 0.303. The summed E-state index contributed by atoms with van der Waals surface area (Å²) in [6, 6.07) is 15.9. The van der Waals surface area contributed by atoms with Crippen LogP contribution < -0.4 is 0 Å². The number of hydrogen-bond donors (Lipinski definition) is 1. The lowest BCUT2D eigenvalue weighted by atomic mass is 10.0. The molecular weight excluding hydrogens is 208 g/mol. The molecule has 0 aromatic heterocycles. The summed E-state index contributed by atoms with van der Waals surface area (Å²) in [7, 11) is 0. The molecule has 0 bridgehead atoms. The van der Waals surface area contributed by atoms with E-state index in [1.165, 1.54) is 10.8 Å². The van der Waals surface area contributed by atoms with Gasteiger partial charge >= 0.3 is 0 Å². The number of benzene rings is 3. The summed E-state index contributed by atoms with van der Waals surface area (Å²) in [6.07, 6.45) is 1.84. The van der Waals surface area contributed by atoms with Crippen molar-refractivity contribution >= 4 is 27.6 Å². The summed E-state index contributed by atoms with van der Waals surface area (Å²) >= 11 is 0. The second-order valence-corrected chi connectivity index (χ2v) is 4.19. The Kier molecular flexibility index (Phi) is 2.12. The fourth-order valence-corrected chi connectivity index (χ4v) is 2.13. The zero-order valence-corrected chi connectivity index (χ0v) is 9.35. The third kappa shape index (κ3) is 1.66. The van der Waals surface area contributed by atoms with E-state index in [9.17, 15) is 5.11 Å². The van der Waals surface area contributed by atoms with E-state index in [1.807, 2.05) is 12.1 Å². The maximum Gasteiger partial charge on any atom is 0.116 e. The third-order valence-electron chi connectivity index (χ3n) is 3.04. The number of fused-ring (bicyclic) bond motifs is 2. The fourth-order valence-electron chi connectivity index (χ4n) is 2.13. The Balaban J connectivity index is 2.39. The second kappa shape index (κ2) is 3.63. The molecule has 0 unspecified atom stereocenters. The maximum atomic E-state index is 9.49. The van der Waals surface area contributed by atoms with Crippen LogP contribution in [-0.4, -0.2) is 5.11 Å². The molecule has 1 nitrogen and oxygen atoms in total. The van der Waals surface area contributed by atoms with Crippen LogP contribution in [0.4, 0.5) is 0 Å². The van der Waals surface area contributed by atoms with Crippen LogP contribution in [-0.2, 0) is 0 Å².